The predicted octanol–water partition coefficient (Wildman–Crippen LogP) is 2.68. The Bertz CT molecular complexity index is 181. The van der Waals surface area contributed by atoms with Crippen molar-refractivity contribution in [3.05, 3.63) is 12.7 Å². The average molecular weight is 235 g/mol. The van der Waals surface area contributed by atoms with E-state index in [9.17, 15) is 4.79 Å². The fourth-order valence-electron chi connectivity index (χ4n) is 1.07. The monoisotopic (exact) mass is 234 g/mol. The van der Waals surface area contributed by atoms with E-state index < -0.39 is 10.8 Å². The van der Waals surface area contributed by atoms with E-state index in [1.165, 1.54) is 0 Å². The van der Waals surface area contributed by atoms with Crippen molar-refractivity contribution in [1.29, 1.82) is 0 Å². The maximum absolute atomic E-state index is 10.7. The smallest absolute Gasteiger partial charge is 0.317 e. The number of aliphatic carboxylic acids is 1. The number of carbonyl (C=O) groups is 1. The molecule has 0 aliphatic heterocycles. The first kappa shape index (κ1) is 11.7. The van der Waals surface area contributed by atoms with Gasteiger partial charge >= 0.3 is 5.97 Å². The Morgan fingerprint density at radius 1 is 1.58 bits per heavy atom. The van der Waals surface area contributed by atoms with Crippen molar-refractivity contribution in [2.45, 2.75) is 25.6 Å². The molecule has 0 aromatic heterocycles. The van der Waals surface area contributed by atoms with Gasteiger partial charge in [0.1, 0.15) is 4.83 Å². The lowest BCUT2D eigenvalue weighted by Crippen LogP contribution is -2.32. The highest BCUT2D eigenvalue weighted by Crippen LogP contribution is 2.33. The van der Waals surface area contributed by atoms with Crippen LogP contribution in [0.25, 0.3) is 0 Å². The molecule has 0 rings (SSSR count). The van der Waals surface area contributed by atoms with Crippen LogP contribution in [0.15, 0.2) is 12.7 Å². The van der Waals surface area contributed by atoms with Gasteiger partial charge in [-0.25, -0.2) is 0 Å². The third-order valence-electron chi connectivity index (χ3n) is 1.81. The lowest BCUT2D eigenvalue weighted by molar-refractivity contribution is -0.137. The van der Waals surface area contributed by atoms with Gasteiger partial charge in [-0.2, -0.15) is 0 Å². The summed E-state index contributed by atoms with van der Waals surface area (Å²) in [5.41, 5.74) is -0.0751. The molecule has 2 atom stereocenters. The summed E-state index contributed by atoms with van der Waals surface area (Å²) in [6, 6.07) is 0. The van der Waals surface area contributed by atoms with Gasteiger partial charge in [-0.3, -0.25) is 4.79 Å². The molecule has 0 aliphatic rings. The van der Waals surface area contributed by atoms with E-state index >= 15 is 0 Å². The van der Waals surface area contributed by atoms with Gasteiger partial charge in [0, 0.05) is 5.92 Å². The van der Waals surface area contributed by atoms with E-state index in [-0.39, 0.29) is 11.3 Å². The summed E-state index contributed by atoms with van der Waals surface area (Å²) in [5, 5.41) is 8.75. The summed E-state index contributed by atoms with van der Waals surface area (Å²) in [7, 11) is 0. The normalized spacial score (nSPS) is 16.7. The molecule has 3 heteroatoms. The second kappa shape index (κ2) is 4.08. The predicted molar refractivity (Wildman–Crippen MR) is 53.5 cm³/mol. The fourth-order valence-corrected chi connectivity index (χ4v) is 2.07. The van der Waals surface area contributed by atoms with Crippen LogP contribution in [0.2, 0.25) is 0 Å². The molecule has 0 aromatic rings. The van der Waals surface area contributed by atoms with Crippen LogP contribution < -0.4 is 0 Å². The minimum absolute atomic E-state index is 0.0602. The SMILES string of the molecule is C=CC(C(Br)C(=O)O)C(C)(C)C. The topological polar surface area (TPSA) is 37.3 Å². The van der Waals surface area contributed by atoms with E-state index in [4.69, 9.17) is 5.11 Å². The molecule has 70 valence electrons. The van der Waals surface area contributed by atoms with Crippen LogP contribution in [0.5, 0.6) is 0 Å². The Labute approximate surface area is 81.8 Å². The highest BCUT2D eigenvalue weighted by atomic mass is 79.9. The molecule has 0 fully saturated rings. The fraction of sp³-hybridized carbons (Fsp3) is 0.667. The summed E-state index contributed by atoms with van der Waals surface area (Å²) in [5.74, 6) is -0.898. The number of rotatable bonds is 3. The molecule has 0 saturated heterocycles. The minimum Gasteiger partial charge on any atom is -0.480 e. The van der Waals surface area contributed by atoms with Crippen molar-refractivity contribution < 1.29 is 9.90 Å². The Balaban J connectivity index is 4.57. The van der Waals surface area contributed by atoms with E-state index in [1.807, 2.05) is 20.8 Å². The first-order valence-electron chi connectivity index (χ1n) is 3.80. The summed E-state index contributed by atoms with van der Waals surface area (Å²) in [6.07, 6.45) is 1.69. The standard InChI is InChI=1S/C9H15BrO2/c1-5-6(9(2,3)4)7(10)8(11)12/h5-7H,1H2,2-4H3,(H,11,12). The molecule has 0 radical (unpaired) electrons. The third-order valence-corrected chi connectivity index (χ3v) is 2.77. The zero-order chi connectivity index (χ0) is 9.94. The molecule has 0 heterocycles. The van der Waals surface area contributed by atoms with Crippen LogP contribution in [0.3, 0.4) is 0 Å². The maximum atomic E-state index is 10.7. The zero-order valence-electron chi connectivity index (χ0n) is 7.67. The van der Waals surface area contributed by atoms with Crippen molar-refractivity contribution in [2.24, 2.45) is 11.3 Å². The van der Waals surface area contributed by atoms with Crippen LogP contribution in [-0.4, -0.2) is 15.9 Å². The summed E-state index contributed by atoms with van der Waals surface area (Å²) in [6.45, 7) is 9.63. The first-order chi connectivity index (χ1) is 5.30. The van der Waals surface area contributed by atoms with Crippen LogP contribution in [0.1, 0.15) is 20.8 Å². The lowest BCUT2D eigenvalue weighted by Gasteiger charge is -2.29. The Kier molecular flexibility index (Phi) is 3.97. The van der Waals surface area contributed by atoms with Crippen LogP contribution in [0, 0.1) is 11.3 Å². The Morgan fingerprint density at radius 3 is 2.08 bits per heavy atom. The van der Waals surface area contributed by atoms with Crippen molar-refractivity contribution in [1.82, 2.24) is 0 Å². The maximum Gasteiger partial charge on any atom is 0.317 e. The average Bonchev–Trinajstić information content (AvgIpc) is 1.85. The zero-order valence-corrected chi connectivity index (χ0v) is 9.26. The molecule has 0 amide bonds. The van der Waals surface area contributed by atoms with Gasteiger partial charge in [0.2, 0.25) is 0 Å². The Morgan fingerprint density at radius 2 is 2.00 bits per heavy atom. The summed E-state index contributed by atoms with van der Waals surface area (Å²) in [4.78, 5) is 10.1. The van der Waals surface area contributed by atoms with E-state index in [1.54, 1.807) is 6.08 Å². The van der Waals surface area contributed by atoms with Gasteiger partial charge in [0.05, 0.1) is 0 Å². The largest absolute Gasteiger partial charge is 0.480 e. The van der Waals surface area contributed by atoms with Crippen LogP contribution in [-0.2, 0) is 4.79 Å². The number of carboxylic acid groups (broad SMARTS) is 1. The number of alkyl halides is 1. The van der Waals surface area contributed by atoms with E-state index in [2.05, 4.69) is 22.5 Å². The second-order valence-electron chi connectivity index (χ2n) is 3.87. The van der Waals surface area contributed by atoms with Crippen molar-refractivity contribution in [2.75, 3.05) is 0 Å². The number of hydrogen-bond acceptors (Lipinski definition) is 1. The van der Waals surface area contributed by atoms with Gasteiger partial charge in [0.25, 0.3) is 0 Å². The molecule has 0 aliphatic carbocycles. The number of hydrogen-bond donors (Lipinski definition) is 1. The minimum atomic E-state index is -0.838. The van der Waals surface area contributed by atoms with Crippen molar-refractivity contribution >= 4 is 21.9 Å². The summed E-state index contributed by atoms with van der Waals surface area (Å²) >= 11 is 3.13. The molecule has 0 spiro atoms. The number of carboxylic acids is 1. The molecular formula is C9H15BrO2. The molecule has 0 saturated carbocycles. The second-order valence-corrected chi connectivity index (χ2v) is 4.85. The van der Waals surface area contributed by atoms with Gasteiger partial charge in [-0.1, -0.05) is 42.8 Å². The third kappa shape index (κ3) is 2.97. The van der Waals surface area contributed by atoms with E-state index in [0.717, 1.165) is 0 Å². The van der Waals surface area contributed by atoms with Gasteiger partial charge < -0.3 is 5.11 Å². The molecular weight excluding hydrogens is 220 g/mol. The first-order valence-corrected chi connectivity index (χ1v) is 4.71. The molecule has 0 aromatic carbocycles. The van der Waals surface area contributed by atoms with Crippen LogP contribution >= 0.6 is 15.9 Å². The summed E-state index contributed by atoms with van der Waals surface area (Å²) < 4.78 is 0. The van der Waals surface area contributed by atoms with Crippen molar-refractivity contribution in [3.63, 3.8) is 0 Å². The van der Waals surface area contributed by atoms with Crippen molar-refractivity contribution in [3.8, 4) is 0 Å². The lowest BCUT2D eigenvalue weighted by atomic mass is 9.79. The van der Waals surface area contributed by atoms with Gasteiger partial charge in [0.15, 0.2) is 0 Å². The van der Waals surface area contributed by atoms with Gasteiger partial charge in [-0.15, -0.1) is 6.58 Å². The highest BCUT2D eigenvalue weighted by molar-refractivity contribution is 9.10. The quantitative estimate of drug-likeness (QED) is 0.603. The molecule has 12 heavy (non-hydrogen) atoms. The number of halogens is 1. The number of allylic oxidation sites excluding steroid dienone is 1. The Hall–Kier alpha value is -0.310. The molecule has 1 N–H and O–H groups in total. The molecule has 2 unspecified atom stereocenters. The van der Waals surface area contributed by atoms with Gasteiger partial charge in [-0.05, 0) is 5.41 Å². The van der Waals surface area contributed by atoms with Crippen LogP contribution in [0.4, 0.5) is 0 Å². The van der Waals surface area contributed by atoms with E-state index in [0.29, 0.717) is 0 Å². The highest BCUT2D eigenvalue weighted by Gasteiger charge is 2.32. The molecule has 2 nitrogen and oxygen atoms in total. The molecule has 0 bridgehead atoms.